The predicted octanol–water partition coefficient (Wildman–Crippen LogP) is 2.29. The zero-order valence-corrected chi connectivity index (χ0v) is 12.7. The van der Waals surface area contributed by atoms with Crippen LogP contribution in [-0.4, -0.2) is 29.4 Å². The molecule has 1 atom stereocenters. The lowest BCUT2D eigenvalue weighted by Gasteiger charge is -2.37. The van der Waals surface area contributed by atoms with E-state index in [1.165, 1.54) is 0 Å². The fourth-order valence-electron chi connectivity index (χ4n) is 2.45. The number of nitrogens with one attached hydrogen (secondary N) is 1. The van der Waals surface area contributed by atoms with Crippen LogP contribution in [0.1, 0.15) is 60.3 Å². The summed E-state index contributed by atoms with van der Waals surface area (Å²) in [5.74, 6) is 5.69. The number of hydrogen-bond donors (Lipinski definition) is 2. The Morgan fingerprint density at radius 3 is 2.17 bits per heavy atom. The van der Waals surface area contributed by atoms with Gasteiger partial charge in [0.15, 0.2) is 0 Å². The second kappa shape index (κ2) is 9.34. The highest BCUT2D eigenvalue weighted by molar-refractivity contribution is 5.75. The van der Waals surface area contributed by atoms with E-state index >= 15 is 0 Å². The fraction of sp³-hybridized carbons (Fsp3) is 0.929. The van der Waals surface area contributed by atoms with Gasteiger partial charge in [0.25, 0.3) is 0 Å². The molecule has 0 aromatic heterocycles. The lowest BCUT2D eigenvalue weighted by atomic mass is 10.0. The molecule has 0 aliphatic rings. The van der Waals surface area contributed by atoms with Gasteiger partial charge in [-0.2, -0.15) is 0 Å². The Kier molecular flexibility index (Phi) is 9.02. The van der Waals surface area contributed by atoms with Crippen LogP contribution in [0.4, 0.5) is 0 Å². The van der Waals surface area contributed by atoms with E-state index < -0.39 is 0 Å². The molecule has 0 spiro atoms. The molecule has 0 aliphatic carbocycles. The highest BCUT2D eigenvalue weighted by Crippen LogP contribution is 2.18. The van der Waals surface area contributed by atoms with Gasteiger partial charge in [0.05, 0.1) is 0 Å². The maximum atomic E-state index is 11.2. The lowest BCUT2D eigenvalue weighted by molar-refractivity contribution is -0.121. The molecule has 0 aliphatic heterocycles. The van der Waals surface area contributed by atoms with E-state index in [9.17, 15) is 4.79 Å². The molecular formula is C14H31N3O. The molecule has 1 unspecified atom stereocenters. The number of amides is 1. The van der Waals surface area contributed by atoms with Crippen LogP contribution in [0.5, 0.6) is 0 Å². The van der Waals surface area contributed by atoms with Gasteiger partial charge in [-0.05, 0) is 32.1 Å². The number of nitrogens with zero attached hydrogens (tertiary/aromatic N) is 1. The van der Waals surface area contributed by atoms with E-state index in [4.69, 9.17) is 5.84 Å². The van der Waals surface area contributed by atoms with Crippen molar-refractivity contribution < 1.29 is 4.79 Å². The van der Waals surface area contributed by atoms with Crippen molar-refractivity contribution in [3.05, 3.63) is 0 Å². The molecule has 0 fully saturated rings. The average molecular weight is 257 g/mol. The normalized spacial score (nSPS) is 13.4. The van der Waals surface area contributed by atoms with Crippen LogP contribution >= 0.6 is 0 Å². The number of rotatable bonds is 9. The second-order valence-electron chi connectivity index (χ2n) is 5.52. The minimum atomic E-state index is -0.0732. The smallest absolute Gasteiger partial charge is 0.233 e. The van der Waals surface area contributed by atoms with E-state index in [1.54, 1.807) is 0 Å². The first-order chi connectivity index (χ1) is 8.46. The number of carbonyl (C=O) groups excluding carboxylic acids is 1. The van der Waals surface area contributed by atoms with Gasteiger partial charge in [-0.3, -0.25) is 15.1 Å². The molecule has 0 aromatic carbocycles. The van der Waals surface area contributed by atoms with Crippen molar-refractivity contribution in [1.82, 2.24) is 10.3 Å². The van der Waals surface area contributed by atoms with Crippen LogP contribution in [-0.2, 0) is 4.79 Å². The molecule has 0 saturated carbocycles. The van der Waals surface area contributed by atoms with E-state index in [2.05, 4.69) is 44.9 Å². The summed E-state index contributed by atoms with van der Waals surface area (Å²) < 4.78 is 0. The molecule has 0 aromatic rings. The first-order valence-corrected chi connectivity index (χ1v) is 7.21. The van der Waals surface area contributed by atoms with Gasteiger partial charge in [0, 0.05) is 25.0 Å². The summed E-state index contributed by atoms with van der Waals surface area (Å²) >= 11 is 0. The second-order valence-corrected chi connectivity index (χ2v) is 5.52. The molecule has 0 saturated heterocycles. The van der Waals surface area contributed by atoms with Crippen LogP contribution in [0, 0.1) is 5.92 Å². The largest absolute Gasteiger partial charge is 0.297 e. The van der Waals surface area contributed by atoms with Gasteiger partial charge in [-0.25, -0.2) is 5.84 Å². The highest BCUT2D eigenvalue weighted by Gasteiger charge is 2.22. The lowest BCUT2D eigenvalue weighted by Crippen LogP contribution is -2.44. The van der Waals surface area contributed by atoms with Crippen molar-refractivity contribution in [2.75, 3.05) is 6.54 Å². The maximum Gasteiger partial charge on any atom is 0.233 e. The highest BCUT2D eigenvalue weighted by atomic mass is 16.2. The van der Waals surface area contributed by atoms with Crippen LogP contribution in [0.25, 0.3) is 0 Å². The zero-order chi connectivity index (χ0) is 14.1. The van der Waals surface area contributed by atoms with Crippen molar-refractivity contribution in [3.63, 3.8) is 0 Å². The standard InChI is InChI=1S/C14H31N3O/c1-6-13(7-2)17(10-11(3)4)12(5)8-9-14(18)16-15/h11-13H,6-10,15H2,1-5H3,(H,16,18). The van der Waals surface area contributed by atoms with Gasteiger partial charge in [0.1, 0.15) is 0 Å². The van der Waals surface area contributed by atoms with Gasteiger partial charge in [0.2, 0.25) is 5.91 Å². The summed E-state index contributed by atoms with van der Waals surface area (Å²) in [6.07, 6.45) is 3.70. The molecule has 0 rings (SSSR count). The summed E-state index contributed by atoms with van der Waals surface area (Å²) in [6, 6.07) is 1.04. The summed E-state index contributed by atoms with van der Waals surface area (Å²) in [6.45, 7) is 12.3. The summed E-state index contributed by atoms with van der Waals surface area (Å²) in [5, 5.41) is 0. The molecule has 0 heterocycles. The number of nitrogens with two attached hydrogens (primary N) is 1. The van der Waals surface area contributed by atoms with Crippen LogP contribution < -0.4 is 11.3 Å². The maximum absolute atomic E-state index is 11.2. The molecule has 108 valence electrons. The van der Waals surface area contributed by atoms with Crippen molar-refractivity contribution in [2.45, 2.75) is 72.4 Å². The Bertz CT molecular complexity index is 227. The Morgan fingerprint density at radius 2 is 1.78 bits per heavy atom. The van der Waals surface area contributed by atoms with Gasteiger partial charge >= 0.3 is 0 Å². The summed E-state index contributed by atoms with van der Waals surface area (Å²) in [4.78, 5) is 13.8. The third-order valence-electron chi connectivity index (χ3n) is 3.50. The van der Waals surface area contributed by atoms with Crippen LogP contribution in [0.3, 0.4) is 0 Å². The number of hydrogen-bond acceptors (Lipinski definition) is 3. The minimum absolute atomic E-state index is 0.0732. The average Bonchev–Trinajstić information content (AvgIpc) is 2.35. The Morgan fingerprint density at radius 1 is 1.22 bits per heavy atom. The molecule has 0 bridgehead atoms. The van der Waals surface area contributed by atoms with Crippen molar-refractivity contribution >= 4 is 5.91 Å². The molecular weight excluding hydrogens is 226 g/mol. The molecule has 1 amide bonds. The minimum Gasteiger partial charge on any atom is -0.297 e. The Balaban J connectivity index is 4.47. The molecule has 4 nitrogen and oxygen atoms in total. The van der Waals surface area contributed by atoms with Gasteiger partial charge in [-0.1, -0.05) is 27.7 Å². The van der Waals surface area contributed by atoms with E-state index in [0.717, 1.165) is 25.8 Å². The van der Waals surface area contributed by atoms with Crippen LogP contribution in [0.2, 0.25) is 0 Å². The fourth-order valence-corrected chi connectivity index (χ4v) is 2.45. The number of hydrazine groups is 1. The molecule has 0 radical (unpaired) electrons. The molecule has 18 heavy (non-hydrogen) atoms. The Labute approximate surface area is 112 Å². The van der Waals surface area contributed by atoms with Gasteiger partial charge in [-0.15, -0.1) is 0 Å². The summed E-state index contributed by atoms with van der Waals surface area (Å²) in [7, 11) is 0. The Hall–Kier alpha value is -0.610. The third-order valence-corrected chi connectivity index (χ3v) is 3.50. The first kappa shape index (κ1) is 17.4. The van der Waals surface area contributed by atoms with E-state index in [-0.39, 0.29) is 5.91 Å². The number of carbonyl (C=O) groups is 1. The first-order valence-electron chi connectivity index (χ1n) is 7.21. The van der Waals surface area contributed by atoms with Gasteiger partial charge < -0.3 is 0 Å². The monoisotopic (exact) mass is 257 g/mol. The van der Waals surface area contributed by atoms with Crippen molar-refractivity contribution in [2.24, 2.45) is 11.8 Å². The topological polar surface area (TPSA) is 58.4 Å². The molecule has 4 heteroatoms. The predicted molar refractivity (Wildman–Crippen MR) is 76.9 cm³/mol. The van der Waals surface area contributed by atoms with Crippen LogP contribution in [0.15, 0.2) is 0 Å². The molecule has 3 N–H and O–H groups in total. The van der Waals surface area contributed by atoms with Crippen molar-refractivity contribution in [1.29, 1.82) is 0 Å². The van der Waals surface area contributed by atoms with E-state index in [1.807, 2.05) is 0 Å². The third kappa shape index (κ3) is 6.36. The SMILES string of the molecule is CCC(CC)N(CC(C)C)C(C)CCC(=O)NN. The quantitative estimate of drug-likeness (QED) is 0.378. The van der Waals surface area contributed by atoms with E-state index in [0.29, 0.717) is 24.4 Å². The summed E-state index contributed by atoms with van der Waals surface area (Å²) in [5.41, 5.74) is 2.20. The zero-order valence-electron chi connectivity index (χ0n) is 12.7. The van der Waals surface area contributed by atoms with Crippen molar-refractivity contribution in [3.8, 4) is 0 Å².